The number of nitrogens with zero attached hydrogens (tertiary/aromatic N) is 1. The standard InChI is InChI=1S/C10H19NO2S/c12-14-8-5-11(6-9-14)4-3-10-2-1-7-13-10/h10H,1-9H2. The first-order chi connectivity index (χ1) is 6.84. The third kappa shape index (κ3) is 3.04. The van der Waals surface area contributed by atoms with Crippen molar-refractivity contribution in [1.29, 1.82) is 0 Å². The maximum atomic E-state index is 11.1. The van der Waals surface area contributed by atoms with Gasteiger partial charge in [0.15, 0.2) is 0 Å². The Bertz CT molecular complexity index is 194. The van der Waals surface area contributed by atoms with Crippen molar-refractivity contribution < 1.29 is 8.95 Å². The molecule has 0 spiro atoms. The van der Waals surface area contributed by atoms with E-state index in [2.05, 4.69) is 4.90 Å². The van der Waals surface area contributed by atoms with Gasteiger partial charge in [-0.15, -0.1) is 0 Å². The van der Waals surface area contributed by atoms with E-state index in [-0.39, 0.29) is 0 Å². The second-order valence-electron chi connectivity index (χ2n) is 4.11. The van der Waals surface area contributed by atoms with Crippen LogP contribution in [0.1, 0.15) is 19.3 Å². The van der Waals surface area contributed by atoms with E-state index in [1.165, 1.54) is 12.8 Å². The first-order valence-electron chi connectivity index (χ1n) is 5.53. The van der Waals surface area contributed by atoms with Crippen LogP contribution in [0.15, 0.2) is 0 Å². The maximum Gasteiger partial charge on any atom is 0.0588 e. The van der Waals surface area contributed by atoms with Gasteiger partial charge in [0.25, 0.3) is 0 Å². The second kappa shape index (κ2) is 5.24. The van der Waals surface area contributed by atoms with Gasteiger partial charge in [-0.1, -0.05) is 0 Å². The average molecular weight is 217 g/mol. The zero-order valence-corrected chi connectivity index (χ0v) is 9.43. The van der Waals surface area contributed by atoms with E-state index >= 15 is 0 Å². The molecule has 0 aromatic heterocycles. The van der Waals surface area contributed by atoms with Crippen molar-refractivity contribution in [2.24, 2.45) is 0 Å². The zero-order chi connectivity index (χ0) is 9.80. The molecular formula is C10H19NO2S. The molecular weight excluding hydrogens is 198 g/mol. The van der Waals surface area contributed by atoms with Crippen molar-refractivity contribution in [1.82, 2.24) is 4.90 Å². The normalized spacial score (nSPS) is 31.0. The van der Waals surface area contributed by atoms with Crippen molar-refractivity contribution >= 4 is 10.8 Å². The van der Waals surface area contributed by atoms with Crippen molar-refractivity contribution in [3.05, 3.63) is 0 Å². The minimum Gasteiger partial charge on any atom is -0.378 e. The van der Waals surface area contributed by atoms with Crippen LogP contribution in [0, 0.1) is 0 Å². The van der Waals surface area contributed by atoms with Gasteiger partial charge < -0.3 is 9.64 Å². The van der Waals surface area contributed by atoms with Gasteiger partial charge in [-0.05, 0) is 19.3 Å². The van der Waals surface area contributed by atoms with Gasteiger partial charge in [-0.3, -0.25) is 4.21 Å². The SMILES string of the molecule is O=S1CCN(CCC2CCCO2)CC1. The maximum absolute atomic E-state index is 11.1. The molecule has 2 saturated heterocycles. The molecule has 14 heavy (non-hydrogen) atoms. The lowest BCUT2D eigenvalue weighted by Gasteiger charge is -2.26. The molecule has 2 rings (SSSR count). The predicted molar refractivity (Wildman–Crippen MR) is 57.9 cm³/mol. The summed E-state index contributed by atoms with van der Waals surface area (Å²) < 4.78 is 16.7. The smallest absolute Gasteiger partial charge is 0.0588 e. The Kier molecular flexibility index (Phi) is 3.96. The molecule has 2 fully saturated rings. The molecule has 2 aliphatic rings. The summed E-state index contributed by atoms with van der Waals surface area (Å²) in [4.78, 5) is 2.42. The van der Waals surface area contributed by atoms with Crippen LogP contribution < -0.4 is 0 Å². The lowest BCUT2D eigenvalue weighted by atomic mass is 10.2. The van der Waals surface area contributed by atoms with Crippen LogP contribution in [0.25, 0.3) is 0 Å². The van der Waals surface area contributed by atoms with E-state index in [0.717, 1.165) is 44.2 Å². The summed E-state index contributed by atoms with van der Waals surface area (Å²) in [5, 5.41) is 0. The van der Waals surface area contributed by atoms with E-state index in [1.807, 2.05) is 0 Å². The summed E-state index contributed by atoms with van der Waals surface area (Å²) in [7, 11) is -0.539. The minimum atomic E-state index is -0.539. The van der Waals surface area contributed by atoms with E-state index in [9.17, 15) is 4.21 Å². The van der Waals surface area contributed by atoms with Gasteiger partial charge in [0.1, 0.15) is 0 Å². The molecule has 0 saturated carbocycles. The monoisotopic (exact) mass is 217 g/mol. The Balaban J connectivity index is 1.63. The Morgan fingerprint density at radius 3 is 2.79 bits per heavy atom. The summed E-state index contributed by atoms with van der Waals surface area (Å²) in [6.07, 6.45) is 4.13. The van der Waals surface area contributed by atoms with Crippen LogP contribution in [0.5, 0.6) is 0 Å². The van der Waals surface area contributed by atoms with Crippen molar-refractivity contribution in [2.75, 3.05) is 37.7 Å². The zero-order valence-electron chi connectivity index (χ0n) is 8.61. The number of hydrogen-bond donors (Lipinski definition) is 0. The molecule has 82 valence electrons. The number of hydrogen-bond acceptors (Lipinski definition) is 3. The molecule has 0 aliphatic carbocycles. The van der Waals surface area contributed by atoms with Crippen LogP contribution >= 0.6 is 0 Å². The molecule has 2 heterocycles. The highest BCUT2D eigenvalue weighted by molar-refractivity contribution is 7.85. The van der Waals surface area contributed by atoms with Gasteiger partial charge >= 0.3 is 0 Å². The number of ether oxygens (including phenoxy) is 1. The molecule has 0 bridgehead atoms. The topological polar surface area (TPSA) is 29.5 Å². The molecule has 1 unspecified atom stereocenters. The van der Waals surface area contributed by atoms with Crippen LogP contribution in [-0.2, 0) is 15.5 Å². The van der Waals surface area contributed by atoms with Crippen LogP contribution in [-0.4, -0.2) is 53.0 Å². The van der Waals surface area contributed by atoms with Gasteiger partial charge in [0.05, 0.1) is 6.10 Å². The van der Waals surface area contributed by atoms with E-state index in [1.54, 1.807) is 0 Å². The first-order valence-corrected chi connectivity index (χ1v) is 7.02. The molecule has 0 aromatic rings. The summed E-state index contributed by atoms with van der Waals surface area (Å²) in [6.45, 7) is 4.11. The fourth-order valence-corrected chi connectivity index (χ4v) is 3.23. The summed E-state index contributed by atoms with van der Waals surface area (Å²) in [5.41, 5.74) is 0. The Labute approximate surface area is 88.3 Å². The van der Waals surface area contributed by atoms with E-state index in [4.69, 9.17) is 4.74 Å². The molecule has 0 radical (unpaired) electrons. The predicted octanol–water partition coefficient (Wildman–Crippen LogP) is 0.620. The summed E-state index contributed by atoms with van der Waals surface area (Å²) >= 11 is 0. The van der Waals surface area contributed by atoms with Gasteiger partial charge in [-0.25, -0.2) is 0 Å². The molecule has 2 aliphatic heterocycles. The fourth-order valence-electron chi connectivity index (χ4n) is 2.10. The van der Waals surface area contributed by atoms with Gasteiger partial charge in [0, 0.05) is 48.5 Å². The number of rotatable bonds is 3. The molecule has 0 N–H and O–H groups in total. The van der Waals surface area contributed by atoms with E-state index in [0.29, 0.717) is 6.10 Å². The molecule has 3 nitrogen and oxygen atoms in total. The highest BCUT2D eigenvalue weighted by atomic mass is 32.2. The highest BCUT2D eigenvalue weighted by Gasteiger charge is 2.19. The molecule has 1 atom stereocenters. The van der Waals surface area contributed by atoms with Gasteiger partial charge in [0.2, 0.25) is 0 Å². The molecule has 0 amide bonds. The lowest BCUT2D eigenvalue weighted by Crippen LogP contribution is -2.39. The van der Waals surface area contributed by atoms with Crippen LogP contribution in [0.2, 0.25) is 0 Å². The first kappa shape index (κ1) is 10.6. The van der Waals surface area contributed by atoms with Crippen molar-refractivity contribution in [3.8, 4) is 0 Å². The van der Waals surface area contributed by atoms with Crippen molar-refractivity contribution in [2.45, 2.75) is 25.4 Å². The van der Waals surface area contributed by atoms with Gasteiger partial charge in [-0.2, -0.15) is 0 Å². The fraction of sp³-hybridized carbons (Fsp3) is 1.00. The lowest BCUT2D eigenvalue weighted by molar-refractivity contribution is 0.0932. The summed E-state index contributed by atoms with van der Waals surface area (Å²) in [5.74, 6) is 1.73. The van der Waals surface area contributed by atoms with Crippen molar-refractivity contribution in [3.63, 3.8) is 0 Å². The highest BCUT2D eigenvalue weighted by Crippen LogP contribution is 2.16. The summed E-state index contributed by atoms with van der Waals surface area (Å²) in [6, 6.07) is 0. The van der Waals surface area contributed by atoms with E-state index < -0.39 is 10.8 Å². The Morgan fingerprint density at radius 1 is 1.36 bits per heavy atom. The molecule has 4 heteroatoms. The third-order valence-electron chi connectivity index (χ3n) is 3.06. The van der Waals surface area contributed by atoms with Crippen LogP contribution in [0.4, 0.5) is 0 Å². The quantitative estimate of drug-likeness (QED) is 0.694. The third-order valence-corrected chi connectivity index (χ3v) is 4.34. The van der Waals surface area contributed by atoms with Crippen LogP contribution in [0.3, 0.4) is 0 Å². The Hall–Kier alpha value is 0.0700. The Morgan fingerprint density at radius 2 is 2.14 bits per heavy atom. The molecule has 0 aromatic carbocycles. The minimum absolute atomic E-state index is 0.502. The average Bonchev–Trinajstić information content (AvgIpc) is 2.70. The second-order valence-corrected chi connectivity index (χ2v) is 5.81. The largest absolute Gasteiger partial charge is 0.378 e.